The van der Waals surface area contributed by atoms with Gasteiger partial charge in [0.15, 0.2) is 0 Å². The number of nitrogens with zero attached hydrogens (tertiary/aromatic N) is 7. The maximum atomic E-state index is 12.1. The number of hydrogen-bond donors (Lipinski definition) is 0. The largest absolute Gasteiger partial charge is 0.385 e. The van der Waals surface area contributed by atoms with Crippen molar-refractivity contribution in [1.82, 2.24) is 29.3 Å². The summed E-state index contributed by atoms with van der Waals surface area (Å²) < 4.78 is 7.09. The molecular weight excluding hydrogens is 430 g/mol. The van der Waals surface area contributed by atoms with Crippen molar-refractivity contribution < 1.29 is 4.74 Å². The fourth-order valence-corrected chi connectivity index (χ4v) is 5.01. The van der Waals surface area contributed by atoms with Crippen LogP contribution < -0.4 is 10.6 Å². The van der Waals surface area contributed by atoms with Crippen LogP contribution in [-0.4, -0.2) is 68.2 Å². The lowest BCUT2D eigenvalue weighted by atomic mass is 9.99. The monoisotopic (exact) mass is 461 g/mol. The smallest absolute Gasteiger partial charge is 0.250 e. The van der Waals surface area contributed by atoms with Crippen LogP contribution in [0.5, 0.6) is 0 Å². The summed E-state index contributed by atoms with van der Waals surface area (Å²) >= 11 is 0. The Bertz CT molecular complexity index is 1360. The van der Waals surface area contributed by atoms with Gasteiger partial charge in [0.2, 0.25) is 0 Å². The second-order valence-electron chi connectivity index (χ2n) is 9.13. The van der Waals surface area contributed by atoms with E-state index >= 15 is 0 Å². The van der Waals surface area contributed by atoms with E-state index in [9.17, 15) is 4.79 Å². The van der Waals surface area contributed by atoms with Gasteiger partial charge in [-0.2, -0.15) is 9.89 Å². The topological polar surface area (TPSA) is 81.3 Å². The molecule has 3 atom stereocenters. The molecular formula is C25H31N7O2. The highest BCUT2D eigenvalue weighted by molar-refractivity contribution is 5.75. The molecule has 0 saturated carbocycles. The zero-order valence-electron chi connectivity index (χ0n) is 20.1. The lowest BCUT2D eigenvalue weighted by molar-refractivity contribution is 0.0845. The molecule has 4 heterocycles. The lowest BCUT2D eigenvalue weighted by Gasteiger charge is -2.48. The number of aryl methyl sites for hydroxylation is 1. The van der Waals surface area contributed by atoms with Crippen LogP contribution in [-0.2, 0) is 11.8 Å². The van der Waals surface area contributed by atoms with Gasteiger partial charge in [-0.25, -0.2) is 0 Å². The molecule has 0 radical (unpaired) electrons. The maximum Gasteiger partial charge on any atom is 0.250 e. The van der Waals surface area contributed by atoms with E-state index in [-0.39, 0.29) is 17.6 Å². The molecule has 0 aliphatic carbocycles. The molecule has 1 fully saturated rings. The molecule has 178 valence electrons. The Morgan fingerprint density at radius 1 is 1.09 bits per heavy atom. The van der Waals surface area contributed by atoms with Crippen molar-refractivity contribution >= 4 is 22.1 Å². The van der Waals surface area contributed by atoms with Crippen molar-refractivity contribution in [1.29, 1.82) is 0 Å². The molecule has 1 aromatic carbocycles. The van der Waals surface area contributed by atoms with Gasteiger partial charge in [-0.3, -0.25) is 24.7 Å². The van der Waals surface area contributed by atoms with Crippen molar-refractivity contribution in [3.05, 3.63) is 64.8 Å². The summed E-state index contributed by atoms with van der Waals surface area (Å²) in [5.74, 6) is 0. The third-order valence-electron chi connectivity index (χ3n) is 7.04. The number of aromatic nitrogens is 5. The summed E-state index contributed by atoms with van der Waals surface area (Å²) in [6.07, 6.45) is 6.31. The molecule has 1 unspecified atom stereocenters. The van der Waals surface area contributed by atoms with Crippen LogP contribution in [0.4, 0.5) is 0 Å². The standard InChI is InChI=1S/C25H31N7O2/c1-17-14-31(32-16-24-22(28-32)7-8-25(33)29(24)3)20(9-12-34-4)15-30(17)18(2)19-5-6-21-23(13-19)27-11-10-26-21/h5-8,10-11,13,16-18,20H,9,12,14-15H2,1-4H3/t17-,18?,20+/m1/s1. The van der Waals surface area contributed by atoms with Gasteiger partial charge in [-0.05, 0) is 44.0 Å². The number of rotatable bonds is 6. The number of ether oxygens (including phenoxy) is 1. The first kappa shape index (κ1) is 22.5. The summed E-state index contributed by atoms with van der Waals surface area (Å²) in [7, 11) is 3.53. The molecule has 0 N–H and O–H groups in total. The van der Waals surface area contributed by atoms with Gasteiger partial charge >= 0.3 is 0 Å². The Balaban J connectivity index is 1.44. The van der Waals surface area contributed by atoms with E-state index in [0.717, 1.165) is 41.6 Å². The highest BCUT2D eigenvalue weighted by Crippen LogP contribution is 2.29. The summed E-state index contributed by atoms with van der Waals surface area (Å²) in [5, 5.41) is 7.11. The molecule has 0 bridgehead atoms. The number of methoxy groups -OCH3 is 1. The van der Waals surface area contributed by atoms with E-state index in [1.54, 1.807) is 43.3 Å². The number of benzene rings is 1. The molecule has 0 spiro atoms. The van der Waals surface area contributed by atoms with Crippen molar-refractivity contribution in [2.75, 3.05) is 31.8 Å². The van der Waals surface area contributed by atoms with Crippen LogP contribution in [0.25, 0.3) is 22.1 Å². The molecule has 1 aliphatic heterocycles. The van der Waals surface area contributed by atoms with Gasteiger partial charge in [0.05, 0.1) is 35.3 Å². The maximum absolute atomic E-state index is 12.1. The number of hydrogen-bond acceptors (Lipinski definition) is 7. The summed E-state index contributed by atoms with van der Waals surface area (Å²) in [4.78, 5) is 25.5. The van der Waals surface area contributed by atoms with Crippen molar-refractivity contribution in [2.45, 2.75) is 38.4 Å². The average Bonchev–Trinajstić information content (AvgIpc) is 3.29. The highest BCUT2D eigenvalue weighted by atomic mass is 16.5. The van der Waals surface area contributed by atoms with E-state index in [2.05, 4.69) is 51.9 Å². The van der Waals surface area contributed by atoms with Crippen molar-refractivity contribution in [3.8, 4) is 0 Å². The summed E-state index contributed by atoms with van der Waals surface area (Å²) in [6.45, 7) is 6.88. The van der Waals surface area contributed by atoms with Gasteiger partial charge < -0.3 is 9.30 Å². The Kier molecular flexibility index (Phi) is 6.05. The number of pyridine rings is 1. The Hall–Kier alpha value is -3.30. The van der Waals surface area contributed by atoms with Crippen LogP contribution in [0.15, 0.2) is 53.7 Å². The molecule has 4 aromatic rings. The van der Waals surface area contributed by atoms with Crippen LogP contribution in [0, 0.1) is 0 Å². The van der Waals surface area contributed by atoms with Crippen LogP contribution in [0.2, 0.25) is 0 Å². The van der Waals surface area contributed by atoms with Gasteiger partial charge in [-0.15, -0.1) is 0 Å². The van der Waals surface area contributed by atoms with E-state index in [4.69, 9.17) is 9.84 Å². The molecule has 1 aliphatic rings. The second-order valence-corrected chi connectivity index (χ2v) is 9.13. The van der Waals surface area contributed by atoms with E-state index in [1.165, 1.54) is 5.56 Å². The van der Waals surface area contributed by atoms with Crippen LogP contribution in [0.3, 0.4) is 0 Å². The lowest BCUT2D eigenvalue weighted by Crippen LogP contribution is -2.61. The first-order chi connectivity index (χ1) is 16.5. The first-order valence-electron chi connectivity index (χ1n) is 11.7. The quantitative estimate of drug-likeness (QED) is 0.436. The number of piperazine rings is 1. The summed E-state index contributed by atoms with van der Waals surface area (Å²) in [5.41, 5.74) is 4.68. The molecule has 3 aromatic heterocycles. The molecule has 0 amide bonds. The van der Waals surface area contributed by atoms with Crippen molar-refractivity contribution in [2.24, 2.45) is 7.05 Å². The third kappa shape index (κ3) is 4.05. The normalized spacial score (nSPS) is 20.3. The summed E-state index contributed by atoms with van der Waals surface area (Å²) in [6, 6.07) is 10.5. The molecule has 1 saturated heterocycles. The van der Waals surface area contributed by atoms with Gasteiger partial charge in [0.1, 0.15) is 5.52 Å². The minimum atomic E-state index is -0.0323. The predicted octanol–water partition coefficient (Wildman–Crippen LogP) is 2.49. The Morgan fingerprint density at radius 2 is 1.85 bits per heavy atom. The minimum Gasteiger partial charge on any atom is -0.385 e. The fourth-order valence-electron chi connectivity index (χ4n) is 5.01. The fraction of sp³-hybridized carbons (Fsp3) is 0.440. The first-order valence-corrected chi connectivity index (χ1v) is 11.7. The zero-order valence-corrected chi connectivity index (χ0v) is 20.1. The number of fused-ring (bicyclic) bond motifs is 2. The average molecular weight is 462 g/mol. The second kappa shape index (κ2) is 9.15. The molecule has 9 nitrogen and oxygen atoms in total. The minimum absolute atomic E-state index is 0.0323. The van der Waals surface area contributed by atoms with Gasteiger partial charge in [-0.1, -0.05) is 6.07 Å². The zero-order chi connectivity index (χ0) is 23.8. The Labute approximate surface area is 198 Å². The van der Waals surface area contributed by atoms with Gasteiger partial charge in [0.25, 0.3) is 5.56 Å². The SMILES string of the molecule is COCC[C@H]1CN(C(C)c2ccc3nccnc3c2)[C@H](C)CN1n1cc2c(ccc(=O)n2C)n1. The predicted molar refractivity (Wildman–Crippen MR) is 132 cm³/mol. The van der Waals surface area contributed by atoms with Crippen LogP contribution in [0.1, 0.15) is 31.9 Å². The van der Waals surface area contributed by atoms with E-state index < -0.39 is 0 Å². The highest BCUT2D eigenvalue weighted by Gasteiger charge is 2.35. The van der Waals surface area contributed by atoms with Crippen LogP contribution >= 0.6 is 0 Å². The molecule has 5 rings (SSSR count). The molecule has 34 heavy (non-hydrogen) atoms. The Morgan fingerprint density at radius 3 is 2.65 bits per heavy atom. The van der Waals surface area contributed by atoms with Gasteiger partial charge in [0, 0.05) is 57.9 Å². The van der Waals surface area contributed by atoms with E-state index in [0.29, 0.717) is 12.6 Å². The third-order valence-corrected chi connectivity index (χ3v) is 7.04. The van der Waals surface area contributed by atoms with E-state index in [1.807, 2.05) is 11.0 Å². The van der Waals surface area contributed by atoms with Crippen molar-refractivity contribution in [3.63, 3.8) is 0 Å². The molecule has 9 heteroatoms.